The third-order valence-electron chi connectivity index (χ3n) is 2.84. The second-order valence-electron chi connectivity index (χ2n) is 4.52. The Bertz CT molecular complexity index is 338. The van der Waals surface area contributed by atoms with Gasteiger partial charge in [-0.15, -0.1) is 0 Å². The standard InChI is InChI=1S/C15H23NO2/c1-2-3-4-8-11-18-15(17)14(16)12-13-9-6-5-7-10-13/h5-7,9-10,14H,2-4,8,11-12,16H2,1H3. The van der Waals surface area contributed by atoms with Crippen LogP contribution >= 0.6 is 0 Å². The first-order chi connectivity index (χ1) is 8.74. The van der Waals surface area contributed by atoms with E-state index in [0.29, 0.717) is 13.0 Å². The van der Waals surface area contributed by atoms with Gasteiger partial charge in [-0.05, 0) is 18.4 Å². The topological polar surface area (TPSA) is 52.3 Å². The summed E-state index contributed by atoms with van der Waals surface area (Å²) in [5.41, 5.74) is 6.88. The van der Waals surface area contributed by atoms with Gasteiger partial charge in [-0.3, -0.25) is 4.79 Å². The predicted molar refractivity (Wildman–Crippen MR) is 73.2 cm³/mol. The summed E-state index contributed by atoms with van der Waals surface area (Å²) in [5.74, 6) is -0.296. The lowest BCUT2D eigenvalue weighted by atomic mass is 10.1. The van der Waals surface area contributed by atoms with E-state index in [4.69, 9.17) is 10.5 Å². The van der Waals surface area contributed by atoms with Crippen molar-refractivity contribution in [1.29, 1.82) is 0 Å². The van der Waals surface area contributed by atoms with Crippen LogP contribution < -0.4 is 5.73 Å². The number of benzene rings is 1. The average molecular weight is 249 g/mol. The van der Waals surface area contributed by atoms with E-state index in [1.54, 1.807) is 0 Å². The molecule has 0 radical (unpaired) electrons. The summed E-state index contributed by atoms with van der Waals surface area (Å²) >= 11 is 0. The molecule has 0 saturated carbocycles. The minimum absolute atomic E-state index is 0.296. The number of ether oxygens (including phenoxy) is 1. The molecule has 1 rings (SSSR count). The van der Waals surface area contributed by atoms with Crippen molar-refractivity contribution in [3.63, 3.8) is 0 Å². The van der Waals surface area contributed by atoms with Crippen molar-refractivity contribution in [3.8, 4) is 0 Å². The van der Waals surface area contributed by atoms with E-state index < -0.39 is 6.04 Å². The van der Waals surface area contributed by atoms with Crippen molar-refractivity contribution in [2.24, 2.45) is 5.73 Å². The molecule has 0 saturated heterocycles. The molecule has 1 unspecified atom stereocenters. The van der Waals surface area contributed by atoms with Crippen LogP contribution in [0.25, 0.3) is 0 Å². The van der Waals surface area contributed by atoms with Gasteiger partial charge in [-0.25, -0.2) is 0 Å². The molecule has 1 atom stereocenters. The maximum absolute atomic E-state index is 11.6. The maximum atomic E-state index is 11.6. The zero-order chi connectivity index (χ0) is 13.2. The first-order valence-electron chi connectivity index (χ1n) is 6.70. The third kappa shape index (κ3) is 5.82. The van der Waals surface area contributed by atoms with Crippen molar-refractivity contribution >= 4 is 5.97 Å². The Morgan fingerprint density at radius 1 is 1.22 bits per heavy atom. The fourth-order valence-electron chi connectivity index (χ4n) is 1.76. The average Bonchev–Trinajstić information content (AvgIpc) is 2.39. The van der Waals surface area contributed by atoms with Crippen LogP contribution in [0.4, 0.5) is 0 Å². The molecule has 0 aromatic heterocycles. The summed E-state index contributed by atoms with van der Waals surface area (Å²) in [6.07, 6.45) is 4.94. The maximum Gasteiger partial charge on any atom is 0.323 e. The molecule has 3 heteroatoms. The zero-order valence-corrected chi connectivity index (χ0v) is 11.1. The molecule has 0 aliphatic rings. The van der Waals surface area contributed by atoms with Gasteiger partial charge in [-0.2, -0.15) is 0 Å². The lowest BCUT2D eigenvalue weighted by Crippen LogP contribution is -2.34. The highest BCUT2D eigenvalue weighted by Crippen LogP contribution is 2.04. The molecule has 0 fully saturated rings. The molecule has 0 aliphatic carbocycles. The summed E-state index contributed by atoms with van der Waals surface area (Å²) in [6, 6.07) is 9.21. The lowest BCUT2D eigenvalue weighted by Gasteiger charge is -2.11. The van der Waals surface area contributed by atoms with Crippen molar-refractivity contribution in [3.05, 3.63) is 35.9 Å². The quantitative estimate of drug-likeness (QED) is 0.569. The van der Waals surface area contributed by atoms with Gasteiger partial charge in [0.2, 0.25) is 0 Å². The highest BCUT2D eigenvalue weighted by atomic mass is 16.5. The molecule has 1 aromatic rings. The van der Waals surface area contributed by atoms with Crippen LogP contribution in [-0.4, -0.2) is 18.6 Å². The molecule has 3 nitrogen and oxygen atoms in total. The number of unbranched alkanes of at least 4 members (excludes halogenated alkanes) is 3. The molecule has 2 N–H and O–H groups in total. The van der Waals surface area contributed by atoms with Gasteiger partial charge in [-0.1, -0.05) is 56.5 Å². The molecule has 1 aromatic carbocycles. The Morgan fingerprint density at radius 3 is 2.61 bits per heavy atom. The molecule has 100 valence electrons. The number of nitrogens with two attached hydrogens (primary N) is 1. The van der Waals surface area contributed by atoms with Gasteiger partial charge in [0.25, 0.3) is 0 Å². The summed E-state index contributed by atoms with van der Waals surface area (Å²) in [4.78, 5) is 11.6. The van der Waals surface area contributed by atoms with Crippen LogP contribution in [0.3, 0.4) is 0 Å². The number of carbonyl (C=O) groups excluding carboxylic acids is 1. The molecule has 18 heavy (non-hydrogen) atoms. The van der Waals surface area contributed by atoms with Gasteiger partial charge in [0.05, 0.1) is 6.61 Å². The van der Waals surface area contributed by atoms with Crippen molar-refractivity contribution < 1.29 is 9.53 Å². The smallest absolute Gasteiger partial charge is 0.323 e. The van der Waals surface area contributed by atoms with Crippen LogP contribution in [0.1, 0.15) is 38.2 Å². The van der Waals surface area contributed by atoms with Crippen LogP contribution in [0, 0.1) is 0 Å². The summed E-state index contributed by atoms with van der Waals surface area (Å²) in [5, 5.41) is 0. The summed E-state index contributed by atoms with van der Waals surface area (Å²) < 4.78 is 5.16. The van der Waals surface area contributed by atoms with Gasteiger partial charge in [0, 0.05) is 0 Å². The molecule has 0 spiro atoms. The Morgan fingerprint density at radius 2 is 1.94 bits per heavy atom. The molecule has 0 bridgehead atoms. The minimum atomic E-state index is -0.557. The molecule has 0 heterocycles. The Kier molecular flexibility index (Phi) is 7.11. The van der Waals surface area contributed by atoms with Crippen molar-refractivity contribution in [2.45, 2.75) is 45.1 Å². The number of hydrogen-bond acceptors (Lipinski definition) is 3. The van der Waals surface area contributed by atoms with E-state index in [1.807, 2.05) is 30.3 Å². The number of rotatable bonds is 8. The number of hydrogen-bond donors (Lipinski definition) is 1. The first-order valence-corrected chi connectivity index (χ1v) is 6.70. The number of esters is 1. The molecular weight excluding hydrogens is 226 g/mol. The van der Waals surface area contributed by atoms with E-state index >= 15 is 0 Å². The van der Waals surface area contributed by atoms with E-state index in [2.05, 4.69) is 6.92 Å². The second kappa shape index (κ2) is 8.70. The first kappa shape index (κ1) is 14.7. The SMILES string of the molecule is CCCCCCOC(=O)C(N)Cc1ccccc1. The molecular formula is C15H23NO2. The van der Waals surface area contributed by atoms with Crippen LogP contribution in [0.5, 0.6) is 0 Å². The van der Waals surface area contributed by atoms with Crippen LogP contribution in [0.15, 0.2) is 30.3 Å². The van der Waals surface area contributed by atoms with E-state index in [1.165, 1.54) is 12.8 Å². The molecule has 0 amide bonds. The fourth-order valence-corrected chi connectivity index (χ4v) is 1.76. The van der Waals surface area contributed by atoms with E-state index in [0.717, 1.165) is 18.4 Å². The van der Waals surface area contributed by atoms with E-state index in [-0.39, 0.29) is 5.97 Å². The van der Waals surface area contributed by atoms with Crippen LogP contribution in [0.2, 0.25) is 0 Å². The zero-order valence-electron chi connectivity index (χ0n) is 11.1. The van der Waals surface area contributed by atoms with Gasteiger partial charge >= 0.3 is 5.97 Å². The van der Waals surface area contributed by atoms with Gasteiger partial charge in [0.15, 0.2) is 0 Å². The Labute approximate surface area is 109 Å². The number of carbonyl (C=O) groups is 1. The normalized spacial score (nSPS) is 12.1. The second-order valence-corrected chi connectivity index (χ2v) is 4.52. The van der Waals surface area contributed by atoms with Gasteiger partial charge < -0.3 is 10.5 Å². The van der Waals surface area contributed by atoms with Crippen molar-refractivity contribution in [1.82, 2.24) is 0 Å². The minimum Gasteiger partial charge on any atom is -0.465 e. The highest BCUT2D eigenvalue weighted by molar-refractivity contribution is 5.75. The lowest BCUT2D eigenvalue weighted by molar-refractivity contribution is -0.145. The fraction of sp³-hybridized carbons (Fsp3) is 0.533. The molecule has 0 aliphatic heterocycles. The summed E-state index contributed by atoms with van der Waals surface area (Å²) in [7, 11) is 0. The Hall–Kier alpha value is -1.35. The predicted octanol–water partition coefficient (Wildman–Crippen LogP) is 2.68. The van der Waals surface area contributed by atoms with Crippen LogP contribution in [-0.2, 0) is 16.0 Å². The van der Waals surface area contributed by atoms with E-state index in [9.17, 15) is 4.79 Å². The largest absolute Gasteiger partial charge is 0.465 e. The summed E-state index contributed by atoms with van der Waals surface area (Å²) in [6.45, 7) is 2.64. The van der Waals surface area contributed by atoms with Crippen molar-refractivity contribution in [2.75, 3.05) is 6.61 Å². The highest BCUT2D eigenvalue weighted by Gasteiger charge is 2.15. The third-order valence-corrected chi connectivity index (χ3v) is 2.84. The van der Waals surface area contributed by atoms with Gasteiger partial charge in [0.1, 0.15) is 6.04 Å². The monoisotopic (exact) mass is 249 g/mol. The Balaban J connectivity index is 2.21.